The third-order valence-electron chi connectivity index (χ3n) is 4.86. The fourth-order valence-electron chi connectivity index (χ4n) is 3.50. The second kappa shape index (κ2) is 7.40. The van der Waals surface area contributed by atoms with Crippen LogP contribution in [0.25, 0.3) is 11.6 Å². The summed E-state index contributed by atoms with van der Waals surface area (Å²) in [7, 11) is 0. The lowest BCUT2D eigenvalue weighted by molar-refractivity contribution is 0.0327. The highest BCUT2D eigenvalue weighted by Gasteiger charge is 2.18. The van der Waals surface area contributed by atoms with Gasteiger partial charge in [0, 0.05) is 19.6 Å². The van der Waals surface area contributed by atoms with Gasteiger partial charge in [0.15, 0.2) is 11.5 Å². The van der Waals surface area contributed by atoms with Crippen LogP contribution in [0.2, 0.25) is 0 Å². The van der Waals surface area contributed by atoms with E-state index in [-0.39, 0.29) is 0 Å². The van der Waals surface area contributed by atoms with E-state index in [1.54, 1.807) is 0 Å². The minimum absolute atomic E-state index is 0.452. The van der Waals surface area contributed by atoms with Crippen LogP contribution in [-0.2, 0) is 17.8 Å². The lowest BCUT2D eigenvalue weighted by atomic mass is 9.89. The number of hydrogen-bond donors (Lipinski definition) is 0. The summed E-state index contributed by atoms with van der Waals surface area (Å²) in [5, 5.41) is 12.5. The second-order valence-corrected chi connectivity index (χ2v) is 6.73. The summed E-state index contributed by atoms with van der Waals surface area (Å²) in [5.74, 6) is 1.86. The Labute approximate surface area is 141 Å². The van der Waals surface area contributed by atoms with E-state index in [1.807, 2.05) is 10.9 Å². The smallest absolute Gasteiger partial charge is 0.280 e. The normalized spacial score (nSPS) is 20.5. The van der Waals surface area contributed by atoms with Crippen molar-refractivity contribution >= 4 is 0 Å². The maximum Gasteiger partial charge on any atom is 0.280 e. The van der Waals surface area contributed by atoms with E-state index in [9.17, 15) is 0 Å². The predicted octanol–water partition coefficient (Wildman–Crippen LogP) is 1.74. The maximum atomic E-state index is 5.36. The van der Waals surface area contributed by atoms with Crippen LogP contribution in [0.4, 0.5) is 0 Å². The Morgan fingerprint density at radius 1 is 1.12 bits per heavy atom. The van der Waals surface area contributed by atoms with Gasteiger partial charge in [-0.05, 0) is 18.8 Å². The molecule has 8 nitrogen and oxygen atoms in total. The van der Waals surface area contributed by atoms with E-state index in [2.05, 4.69) is 25.4 Å². The Balaban J connectivity index is 1.37. The molecule has 2 aromatic heterocycles. The Kier molecular flexibility index (Phi) is 4.84. The highest BCUT2D eigenvalue weighted by atomic mass is 16.5. The largest absolute Gasteiger partial charge is 0.379 e. The maximum absolute atomic E-state index is 5.36. The quantitative estimate of drug-likeness (QED) is 0.825. The first-order chi connectivity index (χ1) is 11.9. The van der Waals surface area contributed by atoms with Gasteiger partial charge in [0.25, 0.3) is 5.89 Å². The molecule has 0 spiro atoms. The van der Waals surface area contributed by atoms with Crippen molar-refractivity contribution in [3.63, 3.8) is 0 Å². The molecule has 0 unspecified atom stereocenters. The van der Waals surface area contributed by atoms with Crippen molar-refractivity contribution < 1.29 is 9.26 Å². The van der Waals surface area contributed by atoms with Gasteiger partial charge in [-0.15, -0.1) is 5.10 Å². The molecule has 1 aliphatic heterocycles. The Hall–Kier alpha value is -1.80. The minimum atomic E-state index is 0.452. The Morgan fingerprint density at radius 3 is 2.79 bits per heavy atom. The monoisotopic (exact) mass is 332 g/mol. The molecule has 0 aromatic carbocycles. The molecule has 2 aromatic rings. The third kappa shape index (κ3) is 3.81. The zero-order valence-corrected chi connectivity index (χ0v) is 13.9. The van der Waals surface area contributed by atoms with Gasteiger partial charge in [0.05, 0.1) is 26.0 Å². The van der Waals surface area contributed by atoms with Crippen molar-refractivity contribution in [2.45, 2.75) is 45.2 Å². The average molecular weight is 332 g/mol. The van der Waals surface area contributed by atoms with Crippen LogP contribution in [0.15, 0.2) is 10.7 Å². The molecule has 0 N–H and O–H groups in total. The molecule has 1 saturated heterocycles. The van der Waals surface area contributed by atoms with E-state index in [0.29, 0.717) is 29.9 Å². The summed E-state index contributed by atoms with van der Waals surface area (Å²) >= 11 is 0. The number of morpholine rings is 1. The van der Waals surface area contributed by atoms with Crippen LogP contribution >= 0.6 is 0 Å². The molecule has 1 aliphatic carbocycles. The summed E-state index contributed by atoms with van der Waals surface area (Å²) in [6, 6.07) is 0. The molecule has 0 atom stereocenters. The molecular formula is C16H24N6O2. The van der Waals surface area contributed by atoms with Crippen molar-refractivity contribution in [3.05, 3.63) is 12.0 Å². The minimum Gasteiger partial charge on any atom is -0.379 e. The first-order valence-electron chi connectivity index (χ1n) is 8.90. The lowest BCUT2D eigenvalue weighted by Gasteiger charge is -2.24. The summed E-state index contributed by atoms with van der Waals surface area (Å²) < 4.78 is 12.6. The number of rotatable bonds is 5. The van der Waals surface area contributed by atoms with E-state index in [1.165, 1.54) is 32.1 Å². The van der Waals surface area contributed by atoms with E-state index in [4.69, 9.17) is 9.26 Å². The van der Waals surface area contributed by atoms with Gasteiger partial charge in [0.1, 0.15) is 0 Å². The molecule has 2 fully saturated rings. The van der Waals surface area contributed by atoms with E-state index in [0.717, 1.165) is 32.8 Å². The van der Waals surface area contributed by atoms with Gasteiger partial charge in [0.2, 0.25) is 0 Å². The molecule has 0 amide bonds. The van der Waals surface area contributed by atoms with Crippen molar-refractivity contribution in [3.8, 4) is 11.6 Å². The van der Waals surface area contributed by atoms with Gasteiger partial charge < -0.3 is 9.26 Å². The molecule has 4 rings (SSSR count). The Bertz CT molecular complexity index is 586. The molecule has 3 heterocycles. The molecule has 24 heavy (non-hydrogen) atoms. The van der Waals surface area contributed by atoms with E-state index >= 15 is 0 Å². The Morgan fingerprint density at radius 2 is 1.96 bits per heavy atom. The molecule has 130 valence electrons. The van der Waals surface area contributed by atoms with Crippen molar-refractivity contribution in [1.82, 2.24) is 30.0 Å². The first kappa shape index (κ1) is 15.7. The van der Waals surface area contributed by atoms with Gasteiger partial charge in [-0.3, -0.25) is 9.58 Å². The van der Waals surface area contributed by atoms with Crippen LogP contribution in [-0.4, -0.2) is 56.3 Å². The van der Waals surface area contributed by atoms with Crippen LogP contribution in [0.3, 0.4) is 0 Å². The van der Waals surface area contributed by atoms with Crippen molar-refractivity contribution in [2.75, 3.05) is 26.3 Å². The molecule has 2 aliphatic rings. The highest BCUT2D eigenvalue weighted by molar-refractivity contribution is 5.43. The molecule has 1 saturated carbocycles. The summed E-state index contributed by atoms with van der Waals surface area (Å²) in [5.41, 5.74) is 0.659. The SMILES string of the molecule is c1c(-c2nc(CN3CCOCC3)no2)nnn1CC1CCCCC1. The third-order valence-corrected chi connectivity index (χ3v) is 4.86. The molecule has 8 heteroatoms. The first-order valence-corrected chi connectivity index (χ1v) is 8.90. The topological polar surface area (TPSA) is 82.1 Å². The van der Waals surface area contributed by atoms with Gasteiger partial charge >= 0.3 is 0 Å². The van der Waals surface area contributed by atoms with Crippen molar-refractivity contribution in [1.29, 1.82) is 0 Å². The number of nitrogens with zero attached hydrogens (tertiary/aromatic N) is 6. The molecular weight excluding hydrogens is 308 g/mol. The molecule has 0 radical (unpaired) electrons. The second-order valence-electron chi connectivity index (χ2n) is 6.73. The van der Waals surface area contributed by atoms with E-state index < -0.39 is 0 Å². The number of hydrogen-bond acceptors (Lipinski definition) is 7. The van der Waals surface area contributed by atoms with Crippen LogP contribution in [0.5, 0.6) is 0 Å². The van der Waals surface area contributed by atoms with Crippen LogP contribution < -0.4 is 0 Å². The van der Waals surface area contributed by atoms with Gasteiger partial charge in [-0.2, -0.15) is 4.98 Å². The van der Waals surface area contributed by atoms with Gasteiger partial charge in [-0.25, -0.2) is 0 Å². The zero-order valence-electron chi connectivity index (χ0n) is 13.9. The fourth-order valence-corrected chi connectivity index (χ4v) is 3.50. The fraction of sp³-hybridized carbons (Fsp3) is 0.750. The number of aromatic nitrogens is 5. The van der Waals surface area contributed by atoms with Crippen molar-refractivity contribution in [2.24, 2.45) is 5.92 Å². The average Bonchev–Trinajstić information content (AvgIpc) is 3.26. The zero-order chi connectivity index (χ0) is 16.2. The highest BCUT2D eigenvalue weighted by Crippen LogP contribution is 2.25. The number of ether oxygens (including phenoxy) is 1. The summed E-state index contributed by atoms with van der Waals surface area (Å²) in [6.07, 6.45) is 8.54. The summed E-state index contributed by atoms with van der Waals surface area (Å²) in [4.78, 5) is 6.72. The van der Waals surface area contributed by atoms with Crippen LogP contribution in [0.1, 0.15) is 37.9 Å². The van der Waals surface area contributed by atoms with Gasteiger partial charge in [-0.1, -0.05) is 29.6 Å². The summed E-state index contributed by atoms with van der Waals surface area (Å²) in [6.45, 7) is 4.95. The lowest BCUT2D eigenvalue weighted by Crippen LogP contribution is -2.35. The van der Waals surface area contributed by atoms with Crippen LogP contribution in [0, 0.1) is 5.92 Å². The standard InChI is InChI=1S/C16H24N6O2/c1-2-4-13(5-3-1)10-22-11-14(18-20-22)16-17-15(19-24-16)12-21-6-8-23-9-7-21/h11,13H,1-10,12H2. The predicted molar refractivity (Wildman–Crippen MR) is 86.0 cm³/mol. The molecule has 0 bridgehead atoms.